The summed E-state index contributed by atoms with van der Waals surface area (Å²) in [6, 6.07) is 10.8. The lowest BCUT2D eigenvalue weighted by molar-refractivity contribution is 0.182. The molecule has 1 atom stereocenters. The first kappa shape index (κ1) is 15.2. The van der Waals surface area contributed by atoms with Crippen LogP contribution in [0.1, 0.15) is 11.7 Å². The Morgan fingerprint density at radius 1 is 1.32 bits per heavy atom. The lowest BCUT2D eigenvalue weighted by Crippen LogP contribution is -2.28. The molecule has 0 saturated heterocycles. The number of aryl methyl sites for hydroxylation is 1. The van der Waals surface area contributed by atoms with Crippen LogP contribution in [-0.2, 0) is 17.1 Å². The van der Waals surface area contributed by atoms with Crippen LogP contribution in [-0.4, -0.2) is 24.6 Å². The van der Waals surface area contributed by atoms with E-state index in [-0.39, 0.29) is 10.8 Å². The number of aromatic nitrogens is 1. The van der Waals surface area contributed by atoms with Gasteiger partial charge in [-0.25, -0.2) is 13.1 Å². The van der Waals surface area contributed by atoms with Crippen molar-refractivity contribution in [3.63, 3.8) is 0 Å². The highest BCUT2D eigenvalue weighted by Crippen LogP contribution is 2.21. The third-order valence-corrected chi connectivity index (χ3v) is 6.34. The maximum Gasteiger partial charge on any atom is 0.250 e. The van der Waals surface area contributed by atoms with Crippen molar-refractivity contribution in [3.8, 4) is 0 Å². The summed E-state index contributed by atoms with van der Waals surface area (Å²) in [6.07, 6.45) is 1.06. The zero-order chi connectivity index (χ0) is 15.7. The van der Waals surface area contributed by atoms with E-state index in [2.05, 4.69) is 4.72 Å². The van der Waals surface area contributed by atoms with Gasteiger partial charge in [0.05, 0.1) is 6.10 Å². The molecule has 0 radical (unpaired) electrons. The van der Waals surface area contributed by atoms with Crippen molar-refractivity contribution in [1.29, 1.82) is 0 Å². The number of nitrogens with one attached hydrogen (secondary N) is 1. The third kappa shape index (κ3) is 2.93. The summed E-state index contributed by atoms with van der Waals surface area (Å²) in [5, 5.41) is 12.9. The Labute approximate surface area is 132 Å². The zero-order valence-electron chi connectivity index (χ0n) is 11.9. The molecule has 2 heterocycles. The molecule has 1 aromatic carbocycles. The van der Waals surface area contributed by atoms with Crippen LogP contribution in [0.4, 0.5) is 0 Å². The van der Waals surface area contributed by atoms with E-state index in [0.717, 1.165) is 22.2 Å². The minimum Gasteiger partial charge on any atom is -0.387 e. The average Bonchev–Trinajstić information content (AvgIpc) is 3.15. The molecule has 7 heteroatoms. The Kier molecular flexibility index (Phi) is 4.05. The number of hydrogen-bond acceptors (Lipinski definition) is 4. The molecule has 0 saturated carbocycles. The van der Waals surface area contributed by atoms with Crippen LogP contribution in [0.15, 0.2) is 52.2 Å². The Hall–Kier alpha value is -1.67. The third-order valence-electron chi connectivity index (χ3n) is 3.52. The fourth-order valence-electron chi connectivity index (χ4n) is 2.30. The minimum atomic E-state index is -3.55. The van der Waals surface area contributed by atoms with E-state index in [1.807, 2.05) is 42.1 Å². The highest BCUT2D eigenvalue weighted by molar-refractivity contribution is 7.91. The van der Waals surface area contributed by atoms with E-state index < -0.39 is 16.1 Å². The van der Waals surface area contributed by atoms with Crippen molar-refractivity contribution in [2.45, 2.75) is 10.3 Å². The molecule has 0 aliphatic rings. The van der Waals surface area contributed by atoms with Gasteiger partial charge < -0.3 is 9.67 Å². The predicted molar refractivity (Wildman–Crippen MR) is 87.4 cm³/mol. The van der Waals surface area contributed by atoms with Crippen molar-refractivity contribution < 1.29 is 13.5 Å². The van der Waals surface area contributed by atoms with Crippen molar-refractivity contribution in [3.05, 3.63) is 53.5 Å². The molecule has 0 aliphatic heterocycles. The fraction of sp³-hybridized carbons (Fsp3) is 0.200. The summed E-state index contributed by atoms with van der Waals surface area (Å²) >= 11 is 1.15. The molecule has 3 aromatic rings. The van der Waals surface area contributed by atoms with Crippen molar-refractivity contribution in [2.24, 2.45) is 7.05 Å². The summed E-state index contributed by atoms with van der Waals surface area (Å²) in [6.45, 7) is -0.0570. The first-order valence-electron chi connectivity index (χ1n) is 6.73. The smallest absolute Gasteiger partial charge is 0.250 e. The quantitative estimate of drug-likeness (QED) is 0.751. The summed E-state index contributed by atoms with van der Waals surface area (Å²) in [4.78, 5) is 0. The van der Waals surface area contributed by atoms with E-state index >= 15 is 0 Å². The van der Waals surface area contributed by atoms with Gasteiger partial charge in [-0.15, -0.1) is 11.3 Å². The largest absolute Gasteiger partial charge is 0.387 e. The van der Waals surface area contributed by atoms with Gasteiger partial charge in [0.15, 0.2) is 0 Å². The van der Waals surface area contributed by atoms with Crippen molar-refractivity contribution in [2.75, 3.05) is 6.54 Å². The van der Waals surface area contributed by atoms with E-state index in [4.69, 9.17) is 0 Å². The van der Waals surface area contributed by atoms with Gasteiger partial charge in [-0.05, 0) is 40.6 Å². The van der Waals surface area contributed by atoms with E-state index in [0.29, 0.717) is 5.56 Å². The summed E-state index contributed by atoms with van der Waals surface area (Å²) in [5.74, 6) is 0. The highest BCUT2D eigenvalue weighted by atomic mass is 32.2. The monoisotopic (exact) mass is 336 g/mol. The first-order valence-corrected chi connectivity index (χ1v) is 9.10. The number of sulfonamides is 1. The number of hydrogen-bond donors (Lipinski definition) is 2. The Morgan fingerprint density at radius 3 is 2.86 bits per heavy atom. The fourth-order valence-corrected chi connectivity index (χ4v) is 4.38. The molecule has 5 nitrogen and oxygen atoms in total. The number of fused-ring (bicyclic) bond motifs is 1. The second-order valence-electron chi connectivity index (χ2n) is 5.04. The molecule has 0 amide bonds. The lowest BCUT2D eigenvalue weighted by atomic mass is 10.1. The van der Waals surface area contributed by atoms with Gasteiger partial charge in [-0.1, -0.05) is 12.1 Å². The van der Waals surface area contributed by atoms with Crippen LogP contribution in [0.2, 0.25) is 0 Å². The van der Waals surface area contributed by atoms with Crippen LogP contribution in [0, 0.1) is 0 Å². The van der Waals surface area contributed by atoms with Gasteiger partial charge in [0, 0.05) is 25.3 Å². The van der Waals surface area contributed by atoms with Crippen molar-refractivity contribution >= 4 is 32.3 Å². The Morgan fingerprint density at radius 2 is 2.14 bits per heavy atom. The zero-order valence-corrected chi connectivity index (χ0v) is 13.6. The Bertz CT molecular complexity index is 883. The standard InChI is InChI=1S/C15H16N2O3S2/c1-17-7-6-11-9-12(4-5-13(11)17)14(18)10-16-22(19,20)15-3-2-8-21-15/h2-9,14,16,18H,10H2,1H3. The molecule has 1 unspecified atom stereocenters. The number of aliphatic hydroxyl groups excluding tert-OH is 1. The molecular weight excluding hydrogens is 320 g/mol. The maximum atomic E-state index is 12.0. The molecule has 22 heavy (non-hydrogen) atoms. The van der Waals surface area contributed by atoms with Crippen LogP contribution >= 0.6 is 11.3 Å². The topological polar surface area (TPSA) is 71.3 Å². The SMILES string of the molecule is Cn1ccc2cc(C(O)CNS(=O)(=O)c3cccs3)ccc21. The second-order valence-corrected chi connectivity index (χ2v) is 7.99. The van der Waals surface area contributed by atoms with Gasteiger partial charge in [0.1, 0.15) is 4.21 Å². The number of benzene rings is 1. The second kappa shape index (κ2) is 5.85. The predicted octanol–water partition coefficient (Wildman–Crippen LogP) is 2.25. The van der Waals surface area contributed by atoms with Gasteiger partial charge in [-0.2, -0.15) is 0 Å². The molecule has 0 spiro atoms. The van der Waals surface area contributed by atoms with Gasteiger partial charge >= 0.3 is 0 Å². The lowest BCUT2D eigenvalue weighted by Gasteiger charge is -2.12. The van der Waals surface area contributed by atoms with E-state index in [1.165, 1.54) is 6.07 Å². The van der Waals surface area contributed by atoms with Gasteiger partial charge in [-0.3, -0.25) is 0 Å². The first-order chi connectivity index (χ1) is 10.5. The maximum absolute atomic E-state index is 12.0. The average molecular weight is 336 g/mol. The van der Waals surface area contributed by atoms with Crippen LogP contribution in [0.3, 0.4) is 0 Å². The van der Waals surface area contributed by atoms with Crippen molar-refractivity contribution in [1.82, 2.24) is 9.29 Å². The number of aliphatic hydroxyl groups is 1. The van der Waals surface area contributed by atoms with Crippen LogP contribution in [0.25, 0.3) is 10.9 Å². The summed E-state index contributed by atoms with van der Waals surface area (Å²) in [5.41, 5.74) is 1.75. The Balaban J connectivity index is 1.74. The molecule has 2 N–H and O–H groups in total. The molecule has 0 bridgehead atoms. The van der Waals surface area contributed by atoms with Crippen LogP contribution in [0.5, 0.6) is 0 Å². The molecule has 0 aliphatic carbocycles. The molecule has 2 aromatic heterocycles. The normalized spacial score (nSPS) is 13.5. The number of thiophene rings is 1. The van der Waals surface area contributed by atoms with Gasteiger partial charge in [0.25, 0.3) is 0 Å². The highest BCUT2D eigenvalue weighted by Gasteiger charge is 2.17. The number of nitrogens with zero attached hydrogens (tertiary/aromatic N) is 1. The van der Waals surface area contributed by atoms with Crippen LogP contribution < -0.4 is 4.72 Å². The molecular formula is C15H16N2O3S2. The number of rotatable bonds is 5. The molecule has 0 fully saturated rings. The summed E-state index contributed by atoms with van der Waals surface area (Å²) < 4.78 is 28.7. The van der Waals surface area contributed by atoms with Gasteiger partial charge in [0.2, 0.25) is 10.0 Å². The minimum absolute atomic E-state index is 0.0570. The summed E-state index contributed by atoms with van der Waals surface area (Å²) in [7, 11) is -1.60. The van der Waals surface area contributed by atoms with E-state index in [1.54, 1.807) is 11.4 Å². The van der Waals surface area contributed by atoms with E-state index in [9.17, 15) is 13.5 Å². The molecule has 116 valence electrons. The molecule has 3 rings (SSSR count).